The minimum Gasteiger partial charge on any atom is -0.379 e. The number of aromatic nitrogens is 1. The van der Waals surface area contributed by atoms with Gasteiger partial charge in [0.1, 0.15) is 0 Å². The molecule has 4 aromatic rings. The molecule has 0 amide bonds. The number of nitrogens with zero attached hydrogens (tertiary/aromatic N) is 5. The summed E-state index contributed by atoms with van der Waals surface area (Å²) in [5.74, 6) is 0. The molecule has 0 saturated carbocycles. The number of hydrogen-bond acceptors (Lipinski definition) is 9. The summed E-state index contributed by atoms with van der Waals surface area (Å²) in [5, 5.41) is 20.9. The first kappa shape index (κ1) is 28.2. The number of thiazole rings is 1. The van der Waals surface area contributed by atoms with Gasteiger partial charge in [0.15, 0.2) is 0 Å². The molecular formula is C30H29N5O5S2. The molecule has 6 rings (SSSR count). The van der Waals surface area contributed by atoms with Gasteiger partial charge in [-0.1, -0.05) is 42.0 Å². The number of sulfonamides is 1. The van der Waals surface area contributed by atoms with Gasteiger partial charge in [0.25, 0.3) is 5.69 Å². The van der Waals surface area contributed by atoms with Gasteiger partial charge in [0, 0.05) is 48.2 Å². The van der Waals surface area contributed by atoms with E-state index < -0.39 is 10.0 Å². The van der Waals surface area contributed by atoms with Crippen molar-refractivity contribution in [3.8, 4) is 11.3 Å². The van der Waals surface area contributed by atoms with E-state index in [9.17, 15) is 18.5 Å². The molecule has 2 aliphatic rings. The second-order valence-corrected chi connectivity index (χ2v) is 13.1. The van der Waals surface area contributed by atoms with E-state index in [0.29, 0.717) is 43.5 Å². The van der Waals surface area contributed by atoms with Gasteiger partial charge in [-0.15, -0.1) is 11.3 Å². The summed E-state index contributed by atoms with van der Waals surface area (Å²) in [4.78, 5) is 16.2. The molecule has 0 spiro atoms. The van der Waals surface area contributed by atoms with Crippen LogP contribution in [0.4, 0.5) is 10.8 Å². The molecule has 0 bridgehead atoms. The van der Waals surface area contributed by atoms with Crippen LogP contribution < -0.4 is 5.01 Å². The molecule has 1 fully saturated rings. The van der Waals surface area contributed by atoms with E-state index in [4.69, 9.17) is 14.8 Å². The zero-order chi connectivity index (χ0) is 29.4. The fourth-order valence-electron chi connectivity index (χ4n) is 5.24. The normalized spacial score (nSPS) is 17.8. The molecule has 12 heteroatoms. The summed E-state index contributed by atoms with van der Waals surface area (Å²) < 4.78 is 32.8. The fourth-order valence-corrected chi connectivity index (χ4v) is 7.48. The van der Waals surface area contributed by atoms with E-state index in [1.807, 2.05) is 30.3 Å². The number of hydrogen-bond donors (Lipinski definition) is 0. The number of benzene rings is 3. The first-order chi connectivity index (χ1) is 20.2. The fraction of sp³-hybridized carbons (Fsp3) is 0.267. The first-order valence-corrected chi connectivity index (χ1v) is 15.9. The van der Waals surface area contributed by atoms with Crippen molar-refractivity contribution in [2.45, 2.75) is 31.2 Å². The van der Waals surface area contributed by atoms with Crippen molar-refractivity contribution in [3.05, 3.63) is 104 Å². The highest BCUT2D eigenvalue weighted by Crippen LogP contribution is 2.40. The molecule has 0 aliphatic carbocycles. The topological polar surface area (TPSA) is 118 Å². The maximum Gasteiger partial charge on any atom is 0.269 e. The Morgan fingerprint density at radius 3 is 2.52 bits per heavy atom. The molecule has 42 heavy (non-hydrogen) atoms. The number of nitro groups is 1. The lowest BCUT2D eigenvalue weighted by atomic mass is 9.95. The van der Waals surface area contributed by atoms with Crippen LogP contribution in [0, 0.1) is 24.0 Å². The smallest absolute Gasteiger partial charge is 0.269 e. The molecule has 3 aromatic carbocycles. The minimum atomic E-state index is -3.59. The second kappa shape index (κ2) is 11.4. The van der Waals surface area contributed by atoms with Crippen molar-refractivity contribution < 1.29 is 18.1 Å². The van der Waals surface area contributed by atoms with Crippen LogP contribution >= 0.6 is 11.3 Å². The zero-order valence-corrected chi connectivity index (χ0v) is 24.8. The van der Waals surface area contributed by atoms with Gasteiger partial charge in [-0.3, -0.25) is 10.1 Å². The van der Waals surface area contributed by atoms with Crippen LogP contribution in [0.3, 0.4) is 0 Å². The summed E-state index contributed by atoms with van der Waals surface area (Å²) >= 11 is 1.42. The van der Waals surface area contributed by atoms with Crippen LogP contribution in [0.15, 0.2) is 82.1 Å². The van der Waals surface area contributed by atoms with E-state index in [2.05, 4.69) is 18.2 Å². The predicted octanol–water partition coefficient (Wildman–Crippen LogP) is 5.71. The molecule has 2 aliphatic heterocycles. The predicted molar refractivity (Wildman–Crippen MR) is 163 cm³/mol. The third-order valence-electron chi connectivity index (χ3n) is 7.53. The molecule has 10 nitrogen and oxygen atoms in total. The molecule has 216 valence electrons. The summed E-state index contributed by atoms with van der Waals surface area (Å²) in [6.45, 7) is 5.55. The maximum atomic E-state index is 13.0. The Bertz CT molecular complexity index is 1780. The minimum absolute atomic E-state index is 0.0274. The van der Waals surface area contributed by atoms with Crippen LogP contribution in [-0.2, 0) is 14.8 Å². The number of ether oxygens (including phenoxy) is 1. The molecule has 0 radical (unpaired) electrons. The van der Waals surface area contributed by atoms with Gasteiger partial charge in [-0.05, 0) is 43.2 Å². The molecule has 1 saturated heterocycles. The lowest BCUT2D eigenvalue weighted by Gasteiger charge is -2.26. The van der Waals surface area contributed by atoms with Gasteiger partial charge in [0.05, 0.1) is 40.5 Å². The van der Waals surface area contributed by atoms with Crippen molar-refractivity contribution in [2.24, 2.45) is 5.10 Å². The summed E-state index contributed by atoms with van der Waals surface area (Å²) in [5.41, 5.74) is 6.44. The van der Waals surface area contributed by atoms with Crippen molar-refractivity contribution in [3.63, 3.8) is 0 Å². The standard InChI is InChI=1S/C30H29N5O5S2/c1-20-6-7-21(2)26(16-20)27-18-29(23-4-3-5-24(17-23)35(36)37)34(32-27)30-31-28(19-41-30)22-8-10-25(11-9-22)42(38,39)33-12-14-40-15-13-33/h3-11,16-17,19,29H,12-15,18H2,1-2H3. The maximum absolute atomic E-state index is 13.0. The van der Waals surface area contributed by atoms with Gasteiger partial charge in [-0.25, -0.2) is 18.4 Å². The summed E-state index contributed by atoms with van der Waals surface area (Å²) in [6.07, 6.45) is 0.564. The van der Waals surface area contributed by atoms with Gasteiger partial charge in [-0.2, -0.15) is 9.41 Å². The van der Waals surface area contributed by atoms with E-state index in [0.717, 1.165) is 33.5 Å². The molecular weight excluding hydrogens is 574 g/mol. The number of hydrazone groups is 1. The van der Waals surface area contributed by atoms with E-state index >= 15 is 0 Å². The zero-order valence-electron chi connectivity index (χ0n) is 23.1. The van der Waals surface area contributed by atoms with Crippen molar-refractivity contribution >= 4 is 37.9 Å². The number of morpholine rings is 1. The number of rotatable bonds is 7. The molecule has 1 aromatic heterocycles. The Hall–Kier alpha value is -3.97. The van der Waals surface area contributed by atoms with Gasteiger partial charge < -0.3 is 4.74 Å². The van der Waals surface area contributed by atoms with Crippen LogP contribution in [-0.4, -0.2) is 54.6 Å². The van der Waals surface area contributed by atoms with Crippen LogP contribution in [0.5, 0.6) is 0 Å². The molecule has 1 unspecified atom stereocenters. The van der Waals surface area contributed by atoms with Crippen molar-refractivity contribution in [1.29, 1.82) is 0 Å². The van der Waals surface area contributed by atoms with Gasteiger partial charge >= 0.3 is 0 Å². The highest BCUT2D eigenvalue weighted by Gasteiger charge is 2.33. The average Bonchev–Trinajstić information content (AvgIpc) is 3.67. The molecule has 3 heterocycles. The summed E-state index contributed by atoms with van der Waals surface area (Å²) in [6, 6.07) is 19.4. The average molecular weight is 604 g/mol. The highest BCUT2D eigenvalue weighted by atomic mass is 32.2. The quantitative estimate of drug-likeness (QED) is 0.196. The Kier molecular flexibility index (Phi) is 7.62. The number of aryl methyl sites for hydroxylation is 2. The number of anilines is 1. The van der Waals surface area contributed by atoms with Crippen molar-refractivity contribution in [2.75, 3.05) is 31.3 Å². The third-order valence-corrected chi connectivity index (χ3v) is 10.3. The lowest BCUT2D eigenvalue weighted by Crippen LogP contribution is -2.40. The largest absolute Gasteiger partial charge is 0.379 e. The third kappa shape index (κ3) is 5.45. The van der Waals surface area contributed by atoms with Crippen molar-refractivity contribution in [1.82, 2.24) is 9.29 Å². The summed E-state index contributed by atoms with van der Waals surface area (Å²) in [7, 11) is -3.59. The number of non-ortho nitro benzene ring substituents is 1. The van der Waals surface area contributed by atoms with Crippen LogP contribution in [0.25, 0.3) is 11.3 Å². The van der Waals surface area contributed by atoms with Crippen LogP contribution in [0.1, 0.15) is 34.7 Å². The lowest BCUT2D eigenvalue weighted by molar-refractivity contribution is -0.384. The van der Waals surface area contributed by atoms with Gasteiger partial charge in [0.2, 0.25) is 15.2 Å². The Labute approximate surface area is 248 Å². The Balaban J connectivity index is 1.33. The molecule has 1 atom stereocenters. The van der Waals surface area contributed by atoms with E-state index in [1.165, 1.54) is 21.7 Å². The van der Waals surface area contributed by atoms with E-state index in [-0.39, 0.29) is 21.5 Å². The Morgan fingerprint density at radius 1 is 1.02 bits per heavy atom. The SMILES string of the molecule is Cc1ccc(C)c(C2=NN(c3nc(-c4ccc(S(=O)(=O)N5CCOCC5)cc4)cs3)C(c3cccc([N+](=O)[O-])c3)C2)c1. The number of nitro benzene ring substituents is 1. The van der Waals surface area contributed by atoms with Crippen LogP contribution in [0.2, 0.25) is 0 Å². The molecule has 0 N–H and O–H groups in total. The van der Waals surface area contributed by atoms with E-state index in [1.54, 1.807) is 36.4 Å². The first-order valence-electron chi connectivity index (χ1n) is 13.5. The highest BCUT2D eigenvalue weighted by molar-refractivity contribution is 7.89. The monoisotopic (exact) mass is 603 g/mol. The Morgan fingerprint density at radius 2 is 1.79 bits per heavy atom. The second-order valence-electron chi connectivity index (χ2n) is 10.3.